The highest BCUT2D eigenvalue weighted by atomic mass is 35.5. The number of aromatic nitrogens is 1. The number of benzene rings is 2. The first-order valence-corrected chi connectivity index (χ1v) is 6.23. The van der Waals surface area contributed by atoms with Crippen molar-refractivity contribution in [2.24, 2.45) is 0 Å². The molecule has 1 heterocycles. The van der Waals surface area contributed by atoms with Crippen LogP contribution in [0.15, 0.2) is 57.7 Å². The van der Waals surface area contributed by atoms with E-state index in [1.807, 2.05) is 18.2 Å². The van der Waals surface area contributed by atoms with Crippen molar-refractivity contribution in [1.29, 1.82) is 0 Å². The Hall–Kier alpha value is -2.46. The van der Waals surface area contributed by atoms with Crippen LogP contribution in [0.5, 0.6) is 0 Å². The van der Waals surface area contributed by atoms with Gasteiger partial charge in [0.1, 0.15) is 0 Å². The molecule has 0 aliphatic carbocycles. The molecule has 1 aromatic heterocycles. The molecular weight excluding hydrogens is 278 g/mol. The Morgan fingerprint density at radius 1 is 1.10 bits per heavy atom. The second kappa shape index (κ2) is 4.90. The Morgan fingerprint density at radius 2 is 1.85 bits per heavy atom. The van der Waals surface area contributed by atoms with Gasteiger partial charge in [-0.3, -0.25) is 4.79 Å². The van der Waals surface area contributed by atoms with Crippen molar-refractivity contribution in [2.75, 3.05) is 0 Å². The van der Waals surface area contributed by atoms with Crippen molar-refractivity contribution in [1.82, 2.24) is 4.98 Å². The third-order valence-electron chi connectivity index (χ3n) is 2.88. The highest BCUT2D eigenvalue weighted by Crippen LogP contribution is 2.19. The van der Waals surface area contributed by atoms with Gasteiger partial charge in [0.25, 0.3) is 5.24 Å². The lowest BCUT2D eigenvalue weighted by molar-refractivity contribution is 0.108. The summed E-state index contributed by atoms with van der Waals surface area (Å²) < 4.78 is 5.19. The molecule has 3 aromatic rings. The van der Waals surface area contributed by atoms with E-state index in [4.69, 9.17) is 16.0 Å². The van der Waals surface area contributed by atoms with Gasteiger partial charge in [-0.05, 0) is 41.9 Å². The van der Waals surface area contributed by atoms with Crippen LogP contribution in [0.1, 0.15) is 10.4 Å². The van der Waals surface area contributed by atoms with Crippen LogP contribution in [0.4, 0.5) is 0 Å². The molecule has 0 unspecified atom stereocenters. The third kappa shape index (κ3) is 2.21. The van der Waals surface area contributed by atoms with Crippen LogP contribution in [0.3, 0.4) is 0 Å². The number of halogens is 1. The number of nitrogens with zero attached hydrogens (tertiary/aromatic N) is 1. The molecular formula is C15H8ClNO3. The highest BCUT2D eigenvalue weighted by Gasteiger charge is 2.10. The van der Waals surface area contributed by atoms with E-state index in [1.54, 1.807) is 12.1 Å². The molecule has 0 saturated heterocycles. The van der Waals surface area contributed by atoms with E-state index in [9.17, 15) is 9.59 Å². The summed E-state index contributed by atoms with van der Waals surface area (Å²) in [5.41, 5.74) is 0.861. The number of carbonyl (C=O) groups excluding carboxylic acids is 1. The van der Waals surface area contributed by atoms with Crippen LogP contribution in [-0.4, -0.2) is 10.2 Å². The molecule has 0 fully saturated rings. The van der Waals surface area contributed by atoms with Gasteiger partial charge in [0.2, 0.25) is 5.89 Å². The molecule has 20 heavy (non-hydrogen) atoms. The summed E-state index contributed by atoms with van der Waals surface area (Å²) in [5.74, 6) is 0.210. The topological polar surface area (TPSA) is 60.2 Å². The quantitative estimate of drug-likeness (QED) is 0.678. The summed E-state index contributed by atoms with van der Waals surface area (Å²) in [6, 6.07) is 13.5. The van der Waals surface area contributed by atoms with Crippen molar-refractivity contribution in [3.8, 4) is 11.5 Å². The normalized spacial score (nSPS) is 10.7. The van der Waals surface area contributed by atoms with Crippen molar-refractivity contribution in [3.05, 3.63) is 64.5 Å². The molecule has 0 aliphatic rings. The van der Waals surface area contributed by atoms with Gasteiger partial charge in [-0.2, -0.15) is 0 Å². The average molecular weight is 286 g/mol. The van der Waals surface area contributed by atoms with Crippen LogP contribution in [0.25, 0.3) is 22.4 Å². The lowest BCUT2D eigenvalue weighted by Crippen LogP contribution is -2.04. The van der Waals surface area contributed by atoms with Gasteiger partial charge >= 0.3 is 5.63 Å². The maximum Gasteiger partial charge on any atom is 0.347 e. The van der Waals surface area contributed by atoms with Gasteiger partial charge in [-0.1, -0.05) is 18.2 Å². The predicted octanol–water partition coefficient (Wildman–Crippen LogP) is 3.23. The zero-order valence-corrected chi connectivity index (χ0v) is 10.9. The Morgan fingerprint density at radius 3 is 2.55 bits per heavy atom. The number of fused-ring (bicyclic) bond motifs is 1. The number of hydrogen-bond donors (Lipinski definition) is 0. The van der Waals surface area contributed by atoms with Gasteiger partial charge in [0.05, 0.1) is 10.9 Å². The molecule has 0 amide bonds. The lowest BCUT2D eigenvalue weighted by Gasteiger charge is -2.02. The minimum Gasteiger partial charge on any atom is -0.403 e. The van der Waals surface area contributed by atoms with Crippen LogP contribution in [0, 0.1) is 0 Å². The molecule has 0 atom stereocenters. The van der Waals surface area contributed by atoms with Gasteiger partial charge in [0, 0.05) is 11.1 Å². The van der Waals surface area contributed by atoms with Crippen molar-refractivity contribution in [2.45, 2.75) is 0 Å². The summed E-state index contributed by atoms with van der Waals surface area (Å²) in [7, 11) is 0. The zero-order valence-electron chi connectivity index (χ0n) is 10.2. The first kappa shape index (κ1) is 12.6. The third-order valence-corrected chi connectivity index (χ3v) is 3.09. The van der Waals surface area contributed by atoms with E-state index in [0.29, 0.717) is 16.5 Å². The first-order chi connectivity index (χ1) is 9.65. The Balaban J connectivity index is 2.27. The smallest absolute Gasteiger partial charge is 0.347 e. The minimum absolute atomic E-state index is 0.210. The number of hydrogen-bond acceptors (Lipinski definition) is 4. The lowest BCUT2D eigenvalue weighted by atomic mass is 10.1. The van der Waals surface area contributed by atoms with Gasteiger partial charge in [-0.25, -0.2) is 9.78 Å². The van der Waals surface area contributed by atoms with Crippen LogP contribution in [-0.2, 0) is 0 Å². The zero-order chi connectivity index (χ0) is 14.1. The fraction of sp³-hybridized carbons (Fsp3) is 0. The minimum atomic E-state index is -0.594. The standard InChI is InChI=1S/C15H8ClNO3/c16-13(18)10-6-7-11-12(8-10)17-14(20-15(11)19)9-4-2-1-3-5-9/h1-8H. The van der Waals surface area contributed by atoms with Crippen molar-refractivity contribution < 1.29 is 9.21 Å². The Kier molecular flexibility index (Phi) is 3.08. The summed E-state index contributed by atoms with van der Waals surface area (Å²) in [6.45, 7) is 0. The van der Waals surface area contributed by atoms with E-state index in [0.717, 1.165) is 0 Å². The maximum absolute atomic E-state index is 11.9. The van der Waals surface area contributed by atoms with E-state index < -0.39 is 10.9 Å². The SMILES string of the molecule is O=C(Cl)c1ccc2c(=O)oc(-c3ccccc3)nc2c1. The van der Waals surface area contributed by atoms with Crippen LogP contribution < -0.4 is 5.63 Å². The Labute approximate surface area is 118 Å². The van der Waals surface area contributed by atoms with Crippen LogP contribution in [0.2, 0.25) is 0 Å². The van der Waals surface area contributed by atoms with Gasteiger partial charge in [-0.15, -0.1) is 0 Å². The summed E-state index contributed by atoms with van der Waals surface area (Å²) in [4.78, 5) is 27.4. The van der Waals surface area contributed by atoms with Gasteiger partial charge in [0.15, 0.2) is 0 Å². The van der Waals surface area contributed by atoms with E-state index in [1.165, 1.54) is 18.2 Å². The molecule has 0 N–H and O–H groups in total. The van der Waals surface area contributed by atoms with Crippen molar-refractivity contribution in [3.63, 3.8) is 0 Å². The summed E-state index contributed by atoms with van der Waals surface area (Å²) >= 11 is 5.43. The number of rotatable bonds is 2. The average Bonchev–Trinajstić information content (AvgIpc) is 2.47. The molecule has 0 aliphatic heterocycles. The van der Waals surface area contributed by atoms with E-state index >= 15 is 0 Å². The second-order valence-electron chi connectivity index (χ2n) is 4.18. The molecule has 98 valence electrons. The second-order valence-corrected chi connectivity index (χ2v) is 4.52. The molecule has 2 aromatic carbocycles. The highest BCUT2D eigenvalue weighted by molar-refractivity contribution is 6.67. The maximum atomic E-state index is 11.9. The molecule has 3 rings (SSSR count). The molecule has 5 heteroatoms. The summed E-state index contributed by atoms with van der Waals surface area (Å²) in [5, 5.41) is -0.283. The predicted molar refractivity (Wildman–Crippen MR) is 75.9 cm³/mol. The van der Waals surface area contributed by atoms with Crippen LogP contribution >= 0.6 is 11.6 Å². The Bertz CT molecular complexity index is 856. The fourth-order valence-electron chi connectivity index (χ4n) is 1.90. The van der Waals surface area contributed by atoms with E-state index in [-0.39, 0.29) is 11.5 Å². The largest absolute Gasteiger partial charge is 0.403 e. The molecule has 4 nitrogen and oxygen atoms in total. The molecule has 0 radical (unpaired) electrons. The molecule has 0 bridgehead atoms. The monoisotopic (exact) mass is 285 g/mol. The van der Waals surface area contributed by atoms with Crippen molar-refractivity contribution >= 4 is 27.7 Å². The number of carbonyl (C=O) groups is 1. The molecule has 0 saturated carbocycles. The molecule has 0 spiro atoms. The first-order valence-electron chi connectivity index (χ1n) is 5.85. The van der Waals surface area contributed by atoms with Gasteiger partial charge < -0.3 is 4.42 Å². The van der Waals surface area contributed by atoms with E-state index in [2.05, 4.69) is 4.98 Å². The fourth-order valence-corrected chi connectivity index (χ4v) is 2.02. The summed E-state index contributed by atoms with van der Waals surface area (Å²) in [6.07, 6.45) is 0.